The van der Waals surface area contributed by atoms with Gasteiger partial charge >= 0.3 is 0 Å². The quantitative estimate of drug-likeness (QED) is 0.473. The van der Waals surface area contributed by atoms with Crippen LogP contribution in [-0.4, -0.2) is 11.5 Å². The first-order valence-electron chi connectivity index (χ1n) is 5.45. The minimum atomic E-state index is -0.416. The molecule has 1 aromatic rings. The monoisotopic (exact) mass is 337 g/mol. The minimum Gasteiger partial charge on any atom is -0.330 e. The Labute approximate surface area is 121 Å². The Balaban J connectivity index is 0.00000289. The predicted octanol–water partition coefficient (Wildman–Crippen LogP) is 2.91. The standard InChI is InChI=1S/C11H16BrN3O2.ClH/c12-9-5-4-8(7-11(9)15(16)17)10(14)3-1-2-6-13;/h4-5,7,10H,1-3,6,13-14H2;1H/t10-;/m1./s1. The summed E-state index contributed by atoms with van der Waals surface area (Å²) in [4.78, 5) is 10.4. The number of rotatable bonds is 6. The molecule has 4 N–H and O–H groups in total. The fourth-order valence-corrected chi connectivity index (χ4v) is 1.97. The Morgan fingerprint density at radius 1 is 1.39 bits per heavy atom. The molecule has 0 heterocycles. The van der Waals surface area contributed by atoms with Crippen molar-refractivity contribution in [1.29, 1.82) is 0 Å². The highest BCUT2D eigenvalue weighted by molar-refractivity contribution is 9.10. The van der Waals surface area contributed by atoms with Crippen LogP contribution < -0.4 is 11.5 Å². The lowest BCUT2D eigenvalue weighted by molar-refractivity contribution is -0.385. The maximum absolute atomic E-state index is 10.8. The first kappa shape index (κ1) is 17.3. The van der Waals surface area contributed by atoms with Crippen LogP contribution in [0.3, 0.4) is 0 Å². The number of halogens is 2. The number of hydrogen-bond acceptors (Lipinski definition) is 4. The summed E-state index contributed by atoms with van der Waals surface area (Å²) in [5.41, 5.74) is 12.2. The van der Waals surface area contributed by atoms with Gasteiger partial charge in [0.05, 0.1) is 9.40 Å². The van der Waals surface area contributed by atoms with Crippen LogP contribution in [0.5, 0.6) is 0 Å². The minimum absolute atomic E-state index is 0. The summed E-state index contributed by atoms with van der Waals surface area (Å²) in [5, 5.41) is 10.8. The number of benzene rings is 1. The highest BCUT2D eigenvalue weighted by atomic mass is 79.9. The predicted molar refractivity (Wildman–Crippen MR) is 77.9 cm³/mol. The van der Waals surface area contributed by atoms with E-state index in [1.165, 1.54) is 6.07 Å². The average Bonchev–Trinajstić information content (AvgIpc) is 2.29. The van der Waals surface area contributed by atoms with Crippen LogP contribution in [-0.2, 0) is 0 Å². The molecule has 1 atom stereocenters. The molecule has 0 aliphatic rings. The van der Waals surface area contributed by atoms with Crippen LogP contribution >= 0.6 is 28.3 Å². The fraction of sp³-hybridized carbons (Fsp3) is 0.455. The Hall–Kier alpha value is -0.690. The van der Waals surface area contributed by atoms with Gasteiger partial charge in [-0.3, -0.25) is 10.1 Å². The van der Waals surface area contributed by atoms with E-state index in [-0.39, 0.29) is 24.1 Å². The van der Waals surface area contributed by atoms with Crippen molar-refractivity contribution in [3.63, 3.8) is 0 Å². The van der Waals surface area contributed by atoms with E-state index >= 15 is 0 Å². The zero-order valence-corrected chi connectivity index (χ0v) is 12.2. The first-order valence-corrected chi connectivity index (χ1v) is 6.25. The SMILES string of the molecule is Cl.NCCCC[C@@H](N)c1ccc(Br)c([N+](=O)[O-])c1. The molecule has 0 aromatic heterocycles. The molecule has 5 nitrogen and oxygen atoms in total. The van der Waals surface area contributed by atoms with Gasteiger partial charge in [-0.05, 0) is 46.9 Å². The molecule has 0 unspecified atom stereocenters. The zero-order chi connectivity index (χ0) is 12.8. The normalized spacial score (nSPS) is 11.7. The second-order valence-corrected chi connectivity index (χ2v) is 4.71. The third-order valence-electron chi connectivity index (χ3n) is 2.56. The van der Waals surface area contributed by atoms with Gasteiger partial charge in [-0.1, -0.05) is 12.5 Å². The van der Waals surface area contributed by atoms with Crippen molar-refractivity contribution in [3.8, 4) is 0 Å². The van der Waals surface area contributed by atoms with Crippen molar-refractivity contribution in [1.82, 2.24) is 0 Å². The highest BCUT2D eigenvalue weighted by Gasteiger charge is 2.15. The van der Waals surface area contributed by atoms with Gasteiger partial charge in [-0.2, -0.15) is 0 Å². The second kappa shape index (κ2) is 8.42. The lowest BCUT2D eigenvalue weighted by Crippen LogP contribution is -2.11. The lowest BCUT2D eigenvalue weighted by atomic mass is 10.0. The number of hydrogen-bond donors (Lipinski definition) is 2. The average molecular weight is 339 g/mol. The summed E-state index contributed by atoms with van der Waals surface area (Å²) in [6, 6.07) is 4.82. The molecule has 0 amide bonds. The molecule has 1 rings (SSSR count). The van der Waals surface area contributed by atoms with E-state index in [0.717, 1.165) is 24.8 Å². The Morgan fingerprint density at radius 2 is 2.06 bits per heavy atom. The number of unbranched alkanes of at least 4 members (excludes halogenated alkanes) is 1. The maximum atomic E-state index is 10.8. The van der Waals surface area contributed by atoms with Crippen LogP contribution in [0.25, 0.3) is 0 Å². The number of nitro groups is 1. The molecule has 0 saturated heterocycles. The topological polar surface area (TPSA) is 95.2 Å². The second-order valence-electron chi connectivity index (χ2n) is 3.86. The lowest BCUT2D eigenvalue weighted by Gasteiger charge is -2.11. The van der Waals surface area contributed by atoms with Gasteiger partial charge in [0.1, 0.15) is 0 Å². The van der Waals surface area contributed by atoms with Crippen LogP contribution in [0, 0.1) is 10.1 Å². The summed E-state index contributed by atoms with van der Waals surface area (Å²) in [5.74, 6) is 0. The van der Waals surface area contributed by atoms with Gasteiger partial charge in [0.2, 0.25) is 0 Å². The van der Waals surface area contributed by atoms with E-state index in [0.29, 0.717) is 11.0 Å². The number of nitrogens with zero attached hydrogens (tertiary/aromatic N) is 1. The molecule has 1 aromatic carbocycles. The number of nitro benzene ring substituents is 1. The van der Waals surface area contributed by atoms with Crippen LogP contribution in [0.4, 0.5) is 5.69 Å². The van der Waals surface area contributed by atoms with E-state index < -0.39 is 4.92 Å². The summed E-state index contributed by atoms with van der Waals surface area (Å²) >= 11 is 3.14. The zero-order valence-electron chi connectivity index (χ0n) is 9.84. The Kier molecular flexibility index (Phi) is 8.10. The van der Waals surface area contributed by atoms with E-state index in [1.807, 2.05) is 6.07 Å². The van der Waals surface area contributed by atoms with Crippen LogP contribution in [0.2, 0.25) is 0 Å². The van der Waals surface area contributed by atoms with Crippen LogP contribution in [0.15, 0.2) is 22.7 Å². The molecule has 7 heteroatoms. The number of nitrogens with two attached hydrogens (primary N) is 2. The van der Waals surface area contributed by atoms with E-state index in [9.17, 15) is 10.1 Å². The van der Waals surface area contributed by atoms with Gasteiger partial charge in [-0.25, -0.2) is 0 Å². The van der Waals surface area contributed by atoms with Crippen molar-refractivity contribution in [2.24, 2.45) is 11.5 Å². The van der Waals surface area contributed by atoms with E-state index in [4.69, 9.17) is 11.5 Å². The Bertz CT molecular complexity index is 404. The summed E-state index contributed by atoms with van der Waals surface area (Å²) < 4.78 is 0.473. The van der Waals surface area contributed by atoms with Crippen LogP contribution in [0.1, 0.15) is 30.9 Å². The van der Waals surface area contributed by atoms with Gasteiger partial charge in [0.15, 0.2) is 0 Å². The summed E-state index contributed by atoms with van der Waals surface area (Å²) in [6.07, 6.45) is 2.64. The molecule has 0 aliphatic heterocycles. The van der Waals surface area contributed by atoms with Gasteiger partial charge in [-0.15, -0.1) is 12.4 Å². The first-order chi connectivity index (χ1) is 8.06. The molecule has 102 valence electrons. The van der Waals surface area contributed by atoms with Crippen molar-refractivity contribution in [2.75, 3.05) is 6.54 Å². The third kappa shape index (κ3) is 4.89. The largest absolute Gasteiger partial charge is 0.330 e. The highest BCUT2D eigenvalue weighted by Crippen LogP contribution is 2.28. The van der Waals surface area contributed by atoms with E-state index in [2.05, 4.69) is 15.9 Å². The molecule has 0 aliphatic carbocycles. The van der Waals surface area contributed by atoms with Crippen molar-refractivity contribution in [2.45, 2.75) is 25.3 Å². The fourth-order valence-electron chi connectivity index (χ4n) is 1.58. The van der Waals surface area contributed by atoms with Crippen molar-refractivity contribution < 1.29 is 4.92 Å². The van der Waals surface area contributed by atoms with E-state index in [1.54, 1.807) is 6.07 Å². The van der Waals surface area contributed by atoms with Gasteiger partial charge in [0, 0.05) is 12.1 Å². The molecule has 0 saturated carbocycles. The maximum Gasteiger partial charge on any atom is 0.283 e. The third-order valence-corrected chi connectivity index (χ3v) is 3.23. The molecule has 0 spiro atoms. The molecule has 18 heavy (non-hydrogen) atoms. The van der Waals surface area contributed by atoms with Gasteiger partial charge < -0.3 is 11.5 Å². The summed E-state index contributed by atoms with van der Waals surface area (Å²) in [6.45, 7) is 0.646. The molecule has 0 fully saturated rings. The van der Waals surface area contributed by atoms with Crippen molar-refractivity contribution >= 4 is 34.0 Å². The Morgan fingerprint density at radius 3 is 2.61 bits per heavy atom. The summed E-state index contributed by atoms with van der Waals surface area (Å²) in [7, 11) is 0. The smallest absolute Gasteiger partial charge is 0.283 e. The molecule has 0 bridgehead atoms. The molecular formula is C11H17BrClN3O2. The molecule has 0 radical (unpaired) electrons. The molecular weight excluding hydrogens is 321 g/mol. The van der Waals surface area contributed by atoms with Crippen molar-refractivity contribution in [3.05, 3.63) is 38.3 Å². The van der Waals surface area contributed by atoms with Gasteiger partial charge in [0.25, 0.3) is 5.69 Å².